The SMILES string of the molecule is Cc1ccc(-n2[nH]c(=O)c3ccccc3c2=O)c(C)c1. The van der Waals surface area contributed by atoms with E-state index < -0.39 is 0 Å². The smallest absolute Gasteiger partial charge is 0.267 e. The zero-order valence-corrected chi connectivity index (χ0v) is 11.3. The fraction of sp³-hybridized carbons (Fsp3) is 0.125. The highest BCUT2D eigenvalue weighted by Gasteiger charge is 2.09. The molecule has 0 aliphatic heterocycles. The van der Waals surface area contributed by atoms with E-state index in [1.54, 1.807) is 24.3 Å². The van der Waals surface area contributed by atoms with E-state index in [2.05, 4.69) is 5.10 Å². The molecule has 1 aromatic heterocycles. The Hall–Kier alpha value is -2.62. The molecule has 0 aliphatic rings. The van der Waals surface area contributed by atoms with Crippen molar-refractivity contribution >= 4 is 10.8 Å². The minimum Gasteiger partial charge on any atom is -0.267 e. The van der Waals surface area contributed by atoms with E-state index in [1.165, 1.54) is 4.68 Å². The number of nitrogens with one attached hydrogen (secondary N) is 1. The summed E-state index contributed by atoms with van der Waals surface area (Å²) in [6.07, 6.45) is 0. The molecule has 0 saturated carbocycles. The van der Waals surface area contributed by atoms with Gasteiger partial charge in [-0.3, -0.25) is 14.7 Å². The maximum atomic E-state index is 12.5. The molecule has 0 amide bonds. The average Bonchev–Trinajstić information content (AvgIpc) is 2.43. The van der Waals surface area contributed by atoms with E-state index in [1.807, 2.05) is 32.0 Å². The molecule has 0 radical (unpaired) electrons. The topological polar surface area (TPSA) is 54.9 Å². The molecule has 3 aromatic rings. The fourth-order valence-corrected chi connectivity index (χ4v) is 2.43. The van der Waals surface area contributed by atoms with Crippen molar-refractivity contribution in [3.8, 4) is 5.69 Å². The highest BCUT2D eigenvalue weighted by molar-refractivity contribution is 5.80. The third-order valence-corrected chi connectivity index (χ3v) is 3.41. The molecule has 100 valence electrons. The monoisotopic (exact) mass is 266 g/mol. The normalized spacial score (nSPS) is 10.9. The van der Waals surface area contributed by atoms with Gasteiger partial charge in [-0.15, -0.1) is 0 Å². The van der Waals surface area contributed by atoms with Crippen LogP contribution in [-0.2, 0) is 0 Å². The Morgan fingerprint density at radius 1 is 0.950 bits per heavy atom. The van der Waals surface area contributed by atoms with E-state index in [-0.39, 0.29) is 11.1 Å². The van der Waals surface area contributed by atoms with Gasteiger partial charge in [-0.1, -0.05) is 29.8 Å². The first-order valence-electron chi connectivity index (χ1n) is 6.39. The summed E-state index contributed by atoms with van der Waals surface area (Å²) >= 11 is 0. The number of nitrogens with zero attached hydrogens (tertiary/aromatic N) is 1. The molecule has 0 atom stereocenters. The van der Waals surface area contributed by atoms with Gasteiger partial charge in [0.15, 0.2) is 0 Å². The van der Waals surface area contributed by atoms with Crippen molar-refractivity contribution in [2.45, 2.75) is 13.8 Å². The van der Waals surface area contributed by atoms with Crippen LogP contribution < -0.4 is 11.1 Å². The summed E-state index contributed by atoms with van der Waals surface area (Å²) in [4.78, 5) is 24.6. The molecule has 0 saturated heterocycles. The molecular formula is C16H14N2O2. The summed E-state index contributed by atoms with van der Waals surface area (Å²) in [6.45, 7) is 3.91. The molecule has 3 rings (SSSR count). The zero-order chi connectivity index (χ0) is 14.3. The second-order valence-electron chi connectivity index (χ2n) is 4.92. The average molecular weight is 266 g/mol. The van der Waals surface area contributed by atoms with E-state index in [0.29, 0.717) is 16.5 Å². The van der Waals surface area contributed by atoms with Gasteiger partial charge in [0.25, 0.3) is 11.1 Å². The summed E-state index contributed by atoms with van der Waals surface area (Å²) < 4.78 is 1.32. The van der Waals surface area contributed by atoms with Crippen LogP contribution in [0.2, 0.25) is 0 Å². The van der Waals surface area contributed by atoms with Crippen LogP contribution in [0.4, 0.5) is 0 Å². The maximum absolute atomic E-state index is 12.5. The van der Waals surface area contributed by atoms with E-state index in [4.69, 9.17) is 0 Å². The summed E-state index contributed by atoms with van der Waals surface area (Å²) in [5, 5.41) is 3.49. The van der Waals surface area contributed by atoms with Crippen LogP contribution in [0, 0.1) is 13.8 Å². The lowest BCUT2D eigenvalue weighted by Gasteiger charge is -2.10. The van der Waals surface area contributed by atoms with Gasteiger partial charge in [-0.2, -0.15) is 0 Å². The second kappa shape index (κ2) is 4.49. The van der Waals surface area contributed by atoms with Crippen LogP contribution in [-0.4, -0.2) is 9.78 Å². The highest BCUT2D eigenvalue weighted by Crippen LogP contribution is 2.13. The third kappa shape index (κ3) is 1.86. The summed E-state index contributed by atoms with van der Waals surface area (Å²) in [5.74, 6) is 0. The zero-order valence-electron chi connectivity index (χ0n) is 11.3. The van der Waals surface area contributed by atoms with Crippen LogP contribution >= 0.6 is 0 Å². The van der Waals surface area contributed by atoms with Crippen LogP contribution in [0.25, 0.3) is 16.5 Å². The number of benzene rings is 2. The fourth-order valence-electron chi connectivity index (χ4n) is 2.43. The highest BCUT2D eigenvalue weighted by atomic mass is 16.2. The van der Waals surface area contributed by atoms with Gasteiger partial charge in [-0.05, 0) is 37.6 Å². The largest absolute Gasteiger partial charge is 0.277 e. The van der Waals surface area contributed by atoms with Gasteiger partial charge in [0, 0.05) is 0 Å². The summed E-state index contributed by atoms with van der Waals surface area (Å²) in [5.41, 5.74) is 2.27. The first kappa shape index (κ1) is 12.4. The lowest BCUT2D eigenvalue weighted by molar-refractivity contribution is 0.796. The van der Waals surface area contributed by atoms with Crippen molar-refractivity contribution in [3.63, 3.8) is 0 Å². The number of fused-ring (bicyclic) bond motifs is 1. The predicted octanol–water partition coefficient (Wildman–Crippen LogP) is 2.30. The Labute approximate surface area is 115 Å². The third-order valence-electron chi connectivity index (χ3n) is 3.41. The Kier molecular flexibility index (Phi) is 2.79. The number of hydrogen-bond acceptors (Lipinski definition) is 2. The van der Waals surface area contributed by atoms with Crippen LogP contribution in [0.3, 0.4) is 0 Å². The molecule has 1 N–H and O–H groups in total. The molecule has 20 heavy (non-hydrogen) atoms. The number of rotatable bonds is 1. The molecule has 4 heteroatoms. The molecule has 0 aliphatic carbocycles. The molecular weight excluding hydrogens is 252 g/mol. The Balaban J connectivity index is 2.41. The van der Waals surface area contributed by atoms with Crippen molar-refractivity contribution < 1.29 is 0 Å². The Morgan fingerprint density at radius 3 is 2.35 bits per heavy atom. The first-order valence-corrected chi connectivity index (χ1v) is 6.39. The first-order chi connectivity index (χ1) is 9.58. The van der Waals surface area contributed by atoms with Gasteiger partial charge < -0.3 is 0 Å². The van der Waals surface area contributed by atoms with Gasteiger partial charge in [0.1, 0.15) is 0 Å². The predicted molar refractivity (Wildman–Crippen MR) is 79.6 cm³/mol. The molecule has 0 unspecified atom stereocenters. The van der Waals surface area contributed by atoms with Crippen LogP contribution in [0.5, 0.6) is 0 Å². The lowest BCUT2D eigenvalue weighted by atomic mass is 10.1. The van der Waals surface area contributed by atoms with Crippen molar-refractivity contribution in [2.75, 3.05) is 0 Å². The van der Waals surface area contributed by atoms with Crippen LogP contribution in [0.15, 0.2) is 52.1 Å². The minimum absolute atomic E-state index is 0.216. The number of aromatic nitrogens is 2. The van der Waals surface area contributed by atoms with Crippen molar-refractivity contribution in [1.29, 1.82) is 0 Å². The number of hydrogen-bond donors (Lipinski definition) is 1. The van der Waals surface area contributed by atoms with Crippen LogP contribution in [0.1, 0.15) is 11.1 Å². The molecule has 1 heterocycles. The molecule has 4 nitrogen and oxygen atoms in total. The van der Waals surface area contributed by atoms with Crippen molar-refractivity contribution in [1.82, 2.24) is 9.78 Å². The number of aromatic amines is 1. The van der Waals surface area contributed by atoms with Gasteiger partial charge in [0.2, 0.25) is 0 Å². The summed E-state index contributed by atoms with van der Waals surface area (Å²) in [6, 6.07) is 12.6. The van der Waals surface area contributed by atoms with E-state index in [9.17, 15) is 9.59 Å². The number of H-pyrrole nitrogens is 1. The molecule has 0 spiro atoms. The van der Waals surface area contributed by atoms with Gasteiger partial charge in [-0.25, -0.2) is 4.68 Å². The van der Waals surface area contributed by atoms with Crippen molar-refractivity contribution in [3.05, 3.63) is 74.3 Å². The maximum Gasteiger partial charge on any atom is 0.277 e. The van der Waals surface area contributed by atoms with Gasteiger partial charge in [0.05, 0.1) is 16.5 Å². The molecule has 0 bridgehead atoms. The Morgan fingerprint density at radius 2 is 1.65 bits per heavy atom. The molecule has 2 aromatic carbocycles. The second-order valence-corrected chi connectivity index (χ2v) is 4.92. The van der Waals surface area contributed by atoms with E-state index >= 15 is 0 Å². The minimum atomic E-state index is -0.264. The summed E-state index contributed by atoms with van der Waals surface area (Å²) in [7, 11) is 0. The van der Waals surface area contributed by atoms with Crippen molar-refractivity contribution in [2.24, 2.45) is 0 Å². The quantitative estimate of drug-likeness (QED) is 0.734. The lowest BCUT2D eigenvalue weighted by Crippen LogP contribution is -2.29. The Bertz CT molecular complexity index is 920. The standard InChI is InChI=1S/C16H14N2O2/c1-10-7-8-14(11(2)9-10)18-16(20)13-6-4-3-5-12(13)15(19)17-18/h3-9H,1-2H3,(H,17,19). The molecule has 0 fully saturated rings. The number of aryl methyl sites for hydroxylation is 2. The van der Waals surface area contributed by atoms with E-state index in [0.717, 1.165) is 11.1 Å². The van der Waals surface area contributed by atoms with Gasteiger partial charge >= 0.3 is 0 Å².